The smallest absolute Gasteiger partial charge is 0.410 e. The van der Waals surface area contributed by atoms with Crippen molar-refractivity contribution in [3.8, 4) is 11.3 Å². The quantitative estimate of drug-likeness (QED) is 0.419. The topological polar surface area (TPSA) is 152 Å². The Labute approximate surface area is 246 Å². The molecule has 3 N–H and O–H groups in total. The van der Waals surface area contributed by atoms with Crippen LogP contribution in [0.1, 0.15) is 52.5 Å². The first-order valence-electron chi connectivity index (χ1n) is 14.2. The maximum absolute atomic E-state index is 13.8. The van der Waals surface area contributed by atoms with Crippen LogP contribution in [0.15, 0.2) is 23.5 Å². The largest absolute Gasteiger partial charge is 0.444 e. The zero-order valence-electron chi connectivity index (χ0n) is 24.1. The molecular weight excluding hydrogens is 575 g/mol. The van der Waals surface area contributed by atoms with Crippen LogP contribution in [0.2, 0.25) is 0 Å². The van der Waals surface area contributed by atoms with E-state index in [1.165, 1.54) is 6.20 Å². The van der Waals surface area contributed by atoms with E-state index in [1.54, 1.807) is 4.90 Å². The number of ether oxygens (including phenoxy) is 2. The maximum atomic E-state index is 13.8. The first-order valence-corrected chi connectivity index (χ1v) is 14.2. The van der Waals surface area contributed by atoms with Gasteiger partial charge < -0.3 is 34.5 Å². The number of nitrogens with zero attached hydrogens (tertiary/aromatic N) is 5. The summed E-state index contributed by atoms with van der Waals surface area (Å²) < 4.78 is 53.4. The van der Waals surface area contributed by atoms with Crippen LogP contribution in [0.5, 0.6) is 0 Å². The van der Waals surface area contributed by atoms with Gasteiger partial charge in [0, 0.05) is 37.4 Å². The monoisotopic (exact) mass is 611 g/mol. The number of aliphatic hydroxyl groups is 3. The highest BCUT2D eigenvalue weighted by atomic mass is 19.2. The molecule has 0 unspecified atom stereocenters. The van der Waals surface area contributed by atoms with Gasteiger partial charge in [0.05, 0.1) is 24.6 Å². The highest BCUT2D eigenvalue weighted by molar-refractivity contribution is 5.88. The van der Waals surface area contributed by atoms with Crippen LogP contribution in [-0.2, 0) is 14.3 Å². The van der Waals surface area contributed by atoms with E-state index in [0.717, 1.165) is 22.5 Å². The summed E-state index contributed by atoms with van der Waals surface area (Å²) in [6.07, 6.45) is -2.17. The van der Waals surface area contributed by atoms with Gasteiger partial charge in [-0.05, 0) is 45.7 Å². The molecule has 1 aromatic carbocycles. The van der Waals surface area contributed by atoms with Crippen molar-refractivity contribution < 1.29 is 47.6 Å². The molecule has 2 aromatic rings. The number of carbonyl (C=O) groups excluding carboxylic acids is 1. The number of rotatable bonds is 6. The zero-order chi connectivity index (χ0) is 31.1. The fourth-order valence-corrected chi connectivity index (χ4v) is 5.74. The van der Waals surface area contributed by atoms with Crippen LogP contribution < -0.4 is 0 Å². The summed E-state index contributed by atoms with van der Waals surface area (Å²) in [5.41, 5.74) is 0.178. The van der Waals surface area contributed by atoms with Crippen molar-refractivity contribution in [3.05, 3.63) is 35.8 Å². The number of aliphatic hydroxyl groups excluding tert-OH is 3. The molecule has 5 rings (SSSR count). The zero-order valence-corrected chi connectivity index (χ0v) is 24.1. The van der Waals surface area contributed by atoms with Crippen molar-refractivity contribution in [1.29, 1.82) is 0 Å². The molecule has 0 radical (unpaired) electrons. The summed E-state index contributed by atoms with van der Waals surface area (Å²) in [5.74, 6) is -4.30. The van der Waals surface area contributed by atoms with Gasteiger partial charge in [-0.15, -0.1) is 5.10 Å². The van der Waals surface area contributed by atoms with Crippen molar-refractivity contribution in [1.82, 2.24) is 19.9 Å². The predicted octanol–water partition coefficient (Wildman–Crippen LogP) is 2.57. The second-order valence-electron chi connectivity index (χ2n) is 12.2. The molecule has 12 nitrogen and oxygen atoms in total. The van der Waals surface area contributed by atoms with E-state index in [1.807, 2.05) is 20.8 Å². The Kier molecular flexibility index (Phi) is 8.97. The Morgan fingerprint density at radius 1 is 1.09 bits per heavy atom. The number of amides is 1. The van der Waals surface area contributed by atoms with Gasteiger partial charge in [-0.25, -0.2) is 22.6 Å². The summed E-state index contributed by atoms with van der Waals surface area (Å²) in [6, 6.07) is 0.393. The predicted molar refractivity (Wildman–Crippen MR) is 144 cm³/mol. The van der Waals surface area contributed by atoms with Gasteiger partial charge in [0.15, 0.2) is 17.5 Å². The van der Waals surface area contributed by atoms with E-state index < -0.39 is 66.2 Å². The van der Waals surface area contributed by atoms with E-state index in [0.29, 0.717) is 32.4 Å². The maximum Gasteiger partial charge on any atom is 0.410 e. The molecule has 2 fully saturated rings. The van der Waals surface area contributed by atoms with Gasteiger partial charge in [0.2, 0.25) is 0 Å². The Balaban J connectivity index is 1.21. The molecule has 0 aliphatic carbocycles. The van der Waals surface area contributed by atoms with E-state index >= 15 is 0 Å². The molecule has 0 saturated carbocycles. The molecule has 3 aliphatic heterocycles. The molecule has 1 amide bonds. The number of halogens is 3. The number of hydrogen-bond donors (Lipinski definition) is 3. The third kappa shape index (κ3) is 6.79. The third-order valence-corrected chi connectivity index (χ3v) is 7.96. The SMILES string of the molecule is CC(C)(C)OC(=O)N1CCC(C2=NO[C@@H](C[C@H]3O[C@H](CO)[C@H](O)[C@H](n4cc(-c5cc(F)c(F)c(F)c5)nn4)[C@H]3O)C2)CC1. The molecule has 15 heteroatoms. The minimum atomic E-state index is -1.62. The summed E-state index contributed by atoms with van der Waals surface area (Å²) in [4.78, 5) is 19.7. The van der Waals surface area contributed by atoms with Gasteiger partial charge in [-0.1, -0.05) is 10.4 Å². The first-order chi connectivity index (χ1) is 20.3. The lowest BCUT2D eigenvalue weighted by molar-refractivity contribution is -0.212. The summed E-state index contributed by atoms with van der Waals surface area (Å²) >= 11 is 0. The van der Waals surface area contributed by atoms with Crippen LogP contribution in [0.3, 0.4) is 0 Å². The van der Waals surface area contributed by atoms with Gasteiger partial charge in [-0.2, -0.15) is 0 Å². The average molecular weight is 612 g/mol. The fourth-order valence-electron chi connectivity index (χ4n) is 5.74. The molecule has 0 spiro atoms. The van der Waals surface area contributed by atoms with Crippen LogP contribution in [0.25, 0.3) is 11.3 Å². The van der Waals surface area contributed by atoms with Crippen LogP contribution >= 0.6 is 0 Å². The van der Waals surface area contributed by atoms with E-state index in [9.17, 15) is 33.3 Å². The fraction of sp³-hybridized carbons (Fsp3) is 0.643. The molecule has 1 aromatic heterocycles. The molecule has 3 aliphatic rings. The lowest BCUT2D eigenvalue weighted by Gasteiger charge is -2.42. The highest BCUT2D eigenvalue weighted by Crippen LogP contribution is 2.35. The Bertz CT molecular complexity index is 1320. The van der Waals surface area contributed by atoms with Crippen LogP contribution in [0, 0.1) is 23.4 Å². The molecule has 0 bridgehead atoms. The standard InChI is InChI=1S/C28H36F3N5O7/c1-28(2,3)42-27(40)35-6-4-14(5-7-35)19-10-16(43-33-19)11-21-25(38)24(26(39)22(13-37)41-21)36-12-20(32-34-36)15-8-17(29)23(31)18(30)9-15/h8-9,12,14,16,21-22,24-26,37-39H,4-7,10-11,13H2,1-3H3/t16-,21-,22-,24-,25+,26+/m1/s1. The molecule has 2 saturated heterocycles. The van der Waals surface area contributed by atoms with Gasteiger partial charge in [-0.3, -0.25) is 0 Å². The average Bonchev–Trinajstić information content (AvgIpc) is 3.63. The third-order valence-electron chi connectivity index (χ3n) is 7.96. The van der Waals surface area contributed by atoms with Gasteiger partial charge in [0.25, 0.3) is 0 Å². The minimum Gasteiger partial charge on any atom is -0.444 e. The molecule has 236 valence electrons. The Morgan fingerprint density at radius 2 is 1.74 bits per heavy atom. The lowest BCUT2D eigenvalue weighted by Crippen LogP contribution is -2.56. The second kappa shape index (κ2) is 12.4. The van der Waals surface area contributed by atoms with Crippen LogP contribution in [-0.4, -0.2) is 103 Å². The Morgan fingerprint density at radius 3 is 2.37 bits per heavy atom. The summed E-state index contributed by atoms with van der Waals surface area (Å²) in [5, 5.41) is 44.1. The number of piperidine rings is 1. The highest BCUT2D eigenvalue weighted by Gasteiger charge is 2.47. The van der Waals surface area contributed by atoms with Gasteiger partial charge >= 0.3 is 6.09 Å². The lowest BCUT2D eigenvalue weighted by atomic mass is 9.86. The van der Waals surface area contributed by atoms with Crippen molar-refractivity contribution in [2.45, 2.75) is 88.6 Å². The summed E-state index contributed by atoms with van der Waals surface area (Å²) in [7, 11) is 0. The summed E-state index contributed by atoms with van der Waals surface area (Å²) in [6.45, 7) is 5.97. The number of carbonyl (C=O) groups is 1. The molecular formula is C28H36F3N5O7. The molecule has 4 heterocycles. The normalized spacial score (nSPS) is 28.5. The van der Waals surface area contributed by atoms with Crippen molar-refractivity contribution in [2.24, 2.45) is 11.1 Å². The number of aromatic nitrogens is 3. The van der Waals surface area contributed by atoms with Gasteiger partial charge in [0.1, 0.15) is 41.8 Å². The van der Waals surface area contributed by atoms with Crippen LogP contribution in [0.4, 0.5) is 18.0 Å². The van der Waals surface area contributed by atoms with Crippen molar-refractivity contribution in [3.63, 3.8) is 0 Å². The number of likely N-dealkylation sites (tertiary alicyclic amines) is 1. The molecule has 6 atom stereocenters. The second-order valence-corrected chi connectivity index (χ2v) is 12.2. The number of hydrogen-bond acceptors (Lipinski definition) is 10. The number of benzene rings is 1. The van der Waals surface area contributed by atoms with Crippen molar-refractivity contribution in [2.75, 3.05) is 19.7 Å². The first kappa shape index (κ1) is 31.2. The van der Waals surface area contributed by atoms with E-state index in [4.69, 9.17) is 14.3 Å². The van der Waals surface area contributed by atoms with E-state index in [-0.39, 0.29) is 29.7 Å². The van der Waals surface area contributed by atoms with E-state index in [2.05, 4.69) is 15.5 Å². The van der Waals surface area contributed by atoms with Crippen molar-refractivity contribution >= 4 is 11.8 Å². The molecule has 43 heavy (non-hydrogen) atoms. The minimum absolute atomic E-state index is 0.0179. The Hall–Kier alpha value is -3.27. The number of oxime groups is 1.